The van der Waals surface area contributed by atoms with Gasteiger partial charge in [-0.15, -0.1) is 11.3 Å². The van der Waals surface area contributed by atoms with Crippen molar-refractivity contribution in [2.45, 2.75) is 49.6 Å². The van der Waals surface area contributed by atoms with Gasteiger partial charge in [-0.3, -0.25) is 9.69 Å². The summed E-state index contributed by atoms with van der Waals surface area (Å²) in [6, 6.07) is 10.6. The molecule has 2 aromatic rings. The number of amides is 1. The Kier molecular flexibility index (Phi) is 7.96. The van der Waals surface area contributed by atoms with E-state index in [1.807, 2.05) is 11.4 Å². The molecular weight excluding hydrogens is 446 g/mol. The number of ether oxygens (including phenoxy) is 1. The number of hydrogen-bond acceptors (Lipinski definition) is 6. The minimum atomic E-state index is -3.47. The van der Waals surface area contributed by atoms with Gasteiger partial charge in [0.2, 0.25) is 15.9 Å². The van der Waals surface area contributed by atoms with E-state index in [9.17, 15) is 13.2 Å². The van der Waals surface area contributed by atoms with Gasteiger partial charge >= 0.3 is 0 Å². The molecule has 3 heterocycles. The van der Waals surface area contributed by atoms with Crippen molar-refractivity contribution >= 4 is 33.0 Å². The zero-order valence-electron chi connectivity index (χ0n) is 18.2. The van der Waals surface area contributed by atoms with E-state index in [1.54, 1.807) is 39.9 Å². The van der Waals surface area contributed by atoms with Crippen molar-refractivity contribution in [3.05, 3.63) is 46.7 Å². The molecule has 2 fully saturated rings. The first kappa shape index (κ1) is 23.4. The Morgan fingerprint density at radius 1 is 1.12 bits per heavy atom. The predicted octanol–water partition coefficient (Wildman–Crippen LogP) is 3.54. The lowest BCUT2D eigenvalue weighted by atomic mass is 10.2. The molecule has 2 saturated heterocycles. The van der Waals surface area contributed by atoms with Crippen LogP contribution < -0.4 is 5.32 Å². The summed E-state index contributed by atoms with van der Waals surface area (Å²) in [6.45, 7) is 3.62. The van der Waals surface area contributed by atoms with Crippen LogP contribution in [-0.2, 0) is 26.1 Å². The van der Waals surface area contributed by atoms with Crippen molar-refractivity contribution in [2.24, 2.45) is 0 Å². The summed E-state index contributed by atoms with van der Waals surface area (Å²) in [7, 11) is -3.47. The molecule has 0 unspecified atom stereocenters. The van der Waals surface area contributed by atoms with Crippen LogP contribution in [0.5, 0.6) is 0 Å². The molecule has 1 N–H and O–H groups in total. The first-order valence-electron chi connectivity index (χ1n) is 11.3. The Morgan fingerprint density at radius 2 is 1.91 bits per heavy atom. The fourth-order valence-electron chi connectivity index (χ4n) is 4.25. The van der Waals surface area contributed by atoms with Crippen LogP contribution in [0.4, 0.5) is 5.69 Å². The average molecular weight is 478 g/mol. The van der Waals surface area contributed by atoms with E-state index < -0.39 is 10.0 Å². The number of anilines is 1. The Hall–Kier alpha value is -1.78. The number of nitrogens with one attached hydrogen (secondary N) is 1. The van der Waals surface area contributed by atoms with E-state index in [4.69, 9.17) is 4.74 Å². The molecule has 0 radical (unpaired) electrons. The van der Waals surface area contributed by atoms with E-state index in [2.05, 4.69) is 16.3 Å². The number of carbonyl (C=O) groups excluding carboxylic acids is 1. The molecule has 174 valence electrons. The van der Waals surface area contributed by atoms with Crippen molar-refractivity contribution in [1.82, 2.24) is 9.21 Å². The summed E-state index contributed by atoms with van der Waals surface area (Å²) in [5, 5.41) is 4.95. The summed E-state index contributed by atoms with van der Waals surface area (Å²) in [6.07, 6.45) is 5.14. The van der Waals surface area contributed by atoms with Crippen LogP contribution in [0.3, 0.4) is 0 Å². The van der Waals surface area contributed by atoms with Crippen molar-refractivity contribution < 1.29 is 17.9 Å². The average Bonchev–Trinajstić information content (AvgIpc) is 3.49. The fraction of sp³-hybridized carbons (Fsp3) is 0.522. The molecule has 2 aliphatic heterocycles. The largest absolute Gasteiger partial charge is 0.377 e. The van der Waals surface area contributed by atoms with Crippen LogP contribution in [-0.4, -0.2) is 62.4 Å². The van der Waals surface area contributed by atoms with Gasteiger partial charge < -0.3 is 10.1 Å². The molecule has 0 spiro atoms. The van der Waals surface area contributed by atoms with E-state index in [-0.39, 0.29) is 23.5 Å². The quantitative estimate of drug-likeness (QED) is 0.598. The topological polar surface area (TPSA) is 79.0 Å². The monoisotopic (exact) mass is 477 g/mol. The summed E-state index contributed by atoms with van der Waals surface area (Å²) >= 11 is 1.68. The second-order valence-electron chi connectivity index (χ2n) is 8.42. The van der Waals surface area contributed by atoms with Crippen LogP contribution in [0.15, 0.2) is 46.7 Å². The van der Waals surface area contributed by atoms with Gasteiger partial charge in [0.1, 0.15) is 0 Å². The number of sulfonamides is 1. The Labute approximate surface area is 194 Å². The molecule has 9 heteroatoms. The molecule has 1 atom stereocenters. The van der Waals surface area contributed by atoms with Gasteiger partial charge in [-0.1, -0.05) is 12.5 Å². The van der Waals surface area contributed by atoms with Crippen molar-refractivity contribution in [2.75, 3.05) is 38.1 Å². The van der Waals surface area contributed by atoms with Crippen LogP contribution in [0.2, 0.25) is 0 Å². The number of rotatable bonds is 9. The van der Waals surface area contributed by atoms with E-state index >= 15 is 0 Å². The molecule has 4 rings (SSSR count). The lowest BCUT2D eigenvalue weighted by molar-refractivity contribution is -0.117. The van der Waals surface area contributed by atoms with E-state index in [1.165, 1.54) is 4.88 Å². The summed E-state index contributed by atoms with van der Waals surface area (Å²) in [4.78, 5) is 16.3. The summed E-state index contributed by atoms with van der Waals surface area (Å²) in [5.74, 6) is -0.119. The Morgan fingerprint density at radius 3 is 2.56 bits per heavy atom. The molecule has 7 nitrogen and oxygen atoms in total. The number of hydrogen-bond donors (Lipinski definition) is 1. The number of nitrogens with zero attached hydrogens (tertiary/aromatic N) is 2. The molecule has 2 aliphatic rings. The normalized spacial score (nSPS) is 20.0. The van der Waals surface area contributed by atoms with Gasteiger partial charge in [0.25, 0.3) is 0 Å². The van der Waals surface area contributed by atoms with E-state index in [0.29, 0.717) is 25.3 Å². The highest BCUT2D eigenvalue weighted by molar-refractivity contribution is 7.89. The van der Waals surface area contributed by atoms with Gasteiger partial charge in [-0.25, -0.2) is 8.42 Å². The zero-order valence-corrected chi connectivity index (χ0v) is 19.9. The first-order chi connectivity index (χ1) is 15.5. The number of thiophene rings is 1. The smallest absolute Gasteiger partial charge is 0.243 e. The first-order valence-corrected chi connectivity index (χ1v) is 13.6. The van der Waals surface area contributed by atoms with Gasteiger partial charge in [0.05, 0.1) is 17.5 Å². The number of piperidine rings is 1. The highest BCUT2D eigenvalue weighted by atomic mass is 32.2. The molecule has 1 amide bonds. The Bertz CT molecular complexity index is 965. The summed E-state index contributed by atoms with van der Waals surface area (Å²) in [5.41, 5.74) is 0.598. The number of benzene rings is 1. The third-order valence-electron chi connectivity index (χ3n) is 5.90. The molecule has 1 aromatic heterocycles. The van der Waals surface area contributed by atoms with Gasteiger partial charge in [0.15, 0.2) is 0 Å². The van der Waals surface area contributed by atoms with Gasteiger partial charge in [0, 0.05) is 43.4 Å². The number of carbonyl (C=O) groups is 1. The van der Waals surface area contributed by atoms with Gasteiger partial charge in [-0.05, 0) is 61.4 Å². The standard InChI is InChI=1S/C23H31N3O4S2/c27-23(18-25(16-20-6-4-14-30-20)17-21-7-5-15-31-21)24-19-8-10-22(11-9-19)32(28,29)26-12-2-1-3-13-26/h5,7-11,15,20H,1-4,6,12-14,16-18H2,(H,24,27)/t20-/m1/s1. The van der Waals surface area contributed by atoms with Gasteiger partial charge in [-0.2, -0.15) is 4.31 Å². The third kappa shape index (κ3) is 6.17. The highest BCUT2D eigenvalue weighted by Crippen LogP contribution is 2.22. The van der Waals surface area contributed by atoms with Crippen LogP contribution in [0.25, 0.3) is 0 Å². The molecule has 1 aromatic carbocycles. The minimum absolute atomic E-state index is 0.119. The minimum Gasteiger partial charge on any atom is -0.377 e. The molecule has 0 bridgehead atoms. The van der Waals surface area contributed by atoms with E-state index in [0.717, 1.165) is 45.3 Å². The predicted molar refractivity (Wildman–Crippen MR) is 126 cm³/mol. The van der Waals surface area contributed by atoms with Crippen molar-refractivity contribution in [3.8, 4) is 0 Å². The maximum Gasteiger partial charge on any atom is 0.243 e. The third-order valence-corrected chi connectivity index (χ3v) is 8.68. The van der Waals surface area contributed by atoms with Crippen molar-refractivity contribution in [1.29, 1.82) is 0 Å². The molecule has 0 aliphatic carbocycles. The zero-order chi connectivity index (χ0) is 22.4. The van der Waals surface area contributed by atoms with Crippen LogP contribution >= 0.6 is 11.3 Å². The van der Waals surface area contributed by atoms with Crippen LogP contribution in [0, 0.1) is 0 Å². The Balaban J connectivity index is 1.36. The molecular formula is C23H31N3O4S2. The maximum atomic E-state index is 12.8. The highest BCUT2D eigenvalue weighted by Gasteiger charge is 2.26. The lowest BCUT2D eigenvalue weighted by Crippen LogP contribution is -2.37. The van der Waals surface area contributed by atoms with Crippen molar-refractivity contribution in [3.63, 3.8) is 0 Å². The second kappa shape index (κ2) is 10.9. The fourth-order valence-corrected chi connectivity index (χ4v) is 6.52. The molecule has 0 saturated carbocycles. The lowest BCUT2D eigenvalue weighted by Gasteiger charge is -2.26. The van der Waals surface area contributed by atoms with Crippen LogP contribution in [0.1, 0.15) is 37.0 Å². The second-order valence-corrected chi connectivity index (χ2v) is 11.4. The molecule has 32 heavy (non-hydrogen) atoms. The summed E-state index contributed by atoms with van der Waals surface area (Å²) < 4.78 is 32.9. The maximum absolute atomic E-state index is 12.8. The SMILES string of the molecule is O=C(CN(Cc1cccs1)C[C@H]1CCCO1)Nc1ccc(S(=O)(=O)N2CCCCC2)cc1.